The molecule has 1 atom stereocenters. The van der Waals surface area contributed by atoms with Gasteiger partial charge in [-0.3, -0.25) is 4.68 Å². The lowest BCUT2D eigenvalue weighted by Crippen LogP contribution is -2.35. The van der Waals surface area contributed by atoms with Crippen LogP contribution in [0.1, 0.15) is 36.8 Å². The van der Waals surface area contributed by atoms with Crippen molar-refractivity contribution in [3.8, 4) is 0 Å². The predicted molar refractivity (Wildman–Crippen MR) is 67.6 cm³/mol. The highest BCUT2D eigenvalue weighted by Crippen LogP contribution is 2.25. The highest BCUT2D eigenvalue weighted by atomic mass is 16.4. The lowest BCUT2D eigenvalue weighted by molar-refractivity contribution is 0.0696. The molecule has 0 aliphatic rings. The molecule has 5 nitrogen and oxygen atoms in total. The predicted octanol–water partition coefficient (Wildman–Crippen LogP) is 1.91. The first kappa shape index (κ1) is 13.5. The first-order valence-electron chi connectivity index (χ1n) is 5.77. The van der Waals surface area contributed by atoms with E-state index in [1.54, 1.807) is 18.7 Å². The van der Waals surface area contributed by atoms with Crippen molar-refractivity contribution < 1.29 is 9.90 Å². The van der Waals surface area contributed by atoms with Gasteiger partial charge >= 0.3 is 5.97 Å². The molecule has 0 radical (unpaired) electrons. The van der Waals surface area contributed by atoms with Gasteiger partial charge in [0.2, 0.25) is 0 Å². The molecule has 0 aromatic carbocycles. The molecule has 0 saturated heterocycles. The van der Waals surface area contributed by atoms with Crippen LogP contribution in [0.4, 0.5) is 5.82 Å². The number of carboxylic acids is 1. The van der Waals surface area contributed by atoms with Gasteiger partial charge in [0, 0.05) is 20.1 Å². The van der Waals surface area contributed by atoms with E-state index in [0.717, 1.165) is 0 Å². The number of rotatable bonds is 4. The lowest BCUT2D eigenvalue weighted by atomic mass is 10.0. The van der Waals surface area contributed by atoms with Crippen LogP contribution in [0.15, 0.2) is 0 Å². The summed E-state index contributed by atoms with van der Waals surface area (Å²) in [5.74, 6) is 0.182. The molecule has 0 saturated carbocycles. The van der Waals surface area contributed by atoms with Gasteiger partial charge in [-0.2, -0.15) is 5.10 Å². The zero-order valence-electron chi connectivity index (χ0n) is 11.4. The van der Waals surface area contributed by atoms with E-state index >= 15 is 0 Å². The second-order valence-electron chi connectivity index (χ2n) is 4.81. The second-order valence-corrected chi connectivity index (χ2v) is 4.81. The van der Waals surface area contributed by atoms with Gasteiger partial charge in [0.25, 0.3) is 0 Å². The van der Waals surface area contributed by atoms with E-state index in [0.29, 0.717) is 23.0 Å². The molecule has 0 amide bonds. The molecule has 1 aromatic rings. The number of aromatic nitrogens is 2. The summed E-state index contributed by atoms with van der Waals surface area (Å²) in [4.78, 5) is 13.3. The molecule has 5 heteroatoms. The van der Waals surface area contributed by atoms with Crippen molar-refractivity contribution in [3.05, 3.63) is 11.3 Å². The van der Waals surface area contributed by atoms with Gasteiger partial charge in [0.1, 0.15) is 11.4 Å². The fourth-order valence-corrected chi connectivity index (χ4v) is 1.94. The van der Waals surface area contributed by atoms with Crippen LogP contribution in [0.25, 0.3) is 0 Å². The molecular weight excluding hydrogens is 218 g/mol. The molecule has 0 spiro atoms. The number of carbonyl (C=O) groups is 1. The molecule has 0 fully saturated rings. The van der Waals surface area contributed by atoms with Crippen LogP contribution < -0.4 is 4.90 Å². The number of anilines is 1. The Kier molecular flexibility index (Phi) is 3.80. The third kappa shape index (κ3) is 2.43. The third-order valence-corrected chi connectivity index (χ3v) is 3.32. The van der Waals surface area contributed by atoms with E-state index in [1.807, 2.05) is 11.9 Å². The second kappa shape index (κ2) is 4.77. The van der Waals surface area contributed by atoms with Crippen LogP contribution >= 0.6 is 0 Å². The molecule has 1 aromatic heterocycles. The van der Waals surface area contributed by atoms with Crippen molar-refractivity contribution in [2.24, 2.45) is 13.0 Å². The fraction of sp³-hybridized carbons (Fsp3) is 0.667. The summed E-state index contributed by atoms with van der Waals surface area (Å²) in [5.41, 5.74) is 0.848. The van der Waals surface area contributed by atoms with Crippen molar-refractivity contribution >= 4 is 11.8 Å². The molecule has 0 aliphatic carbocycles. The zero-order chi connectivity index (χ0) is 13.3. The minimum Gasteiger partial charge on any atom is -0.477 e. The van der Waals surface area contributed by atoms with E-state index in [-0.39, 0.29) is 6.04 Å². The molecule has 17 heavy (non-hydrogen) atoms. The summed E-state index contributed by atoms with van der Waals surface area (Å²) >= 11 is 0. The molecule has 1 heterocycles. The van der Waals surface area contributed by atoms with E-state index in [9.17, 15) is 9.90 Å². The Labute approximate surface area is 102 Å². The Morgan fingerprint density at radius 2 is 1.94 bits per heavy atom. The SMILES string of the molecule is Cc1nn(C)c(N(C)C(C)C(C)C)c1C(=O)O. The lowest BCUT2D eigenvalue weighted by Gasteiger charge is -2.30. The van der Waals surface area contributed by atoms with Gasteiger partial charge < -0.3 is 10.0 Å². The van der Waals surface area contributed by atoms with E-state index in [2.05, 4.69) is 25.9 Å². The van der Waals surface area contributed by atoms with Crippen LogP contribution in [-0.4, -0.2) is 33.9 Å². The van der Waals surface area contributed by atoms with Crippen molar-refractivity contribution in [1.82, 2.24) is 9.78 Å². The van der Waals surface area contributed by atoms with Gasteiger partial charge in [-0.15, -0.1) is 0 Å². The maximum absolute atomic E-state index is 11.3. The number of aromatic carboxylic acids is 1. The van der Waals surface area contributed by atoms with Gasteiger partial charge in [-0.1, -0.05) is 13.8 Å². The van der Waals surface area contributed by atoms with Gasteiger partial charge in [0.05, 0.1) is 5.69 Å². The summed E-state index contributed by atoms with van der Waals surface area (Å²) in [5, 5.41) is 13.4. The number of aryl methyl sites for hydroxylation is 2. The minimum absolute atomic E-state index is 0.253. The monoisotopic (exact) mass is 239 g/mol. The Hall–Kier alpha value is -1.52. The van der Waals surface area contributed by atoms with E-state index in [4.69, 9.17) is 0 Å². The number of hydrogen-bond donors (Lipinski definition) is 1. The van der Waals surface area contributed by atoms with E-state index < -0.39 is 5.97 Å². The largest absolute Gasteiger partial charge is 0.477 e. The number of carboxylic acid groups (broad SMARTS) is 1. The normalized spacial score (nSPS) is 12.9. The van der Waals surface area contributed by atoms with Crippen molar-refractivity contribution in [2.75, 3.05) is 11.9 Å². The van der Waals surface area contributed by atoms with Crippen LogP contribution in [0.2, 0.25) is 0 Å². The number of hydrogen-bond acceptors (Lipinski definition) is 3. The third-order valence-electron chi connectivity index (χ3n) is 3.32. The molecular formula is C12H21N3O2. The summed E-state index contributed by atoms with van der Waals surface area (Å²) in [6, 6.07) is 0.253. The van der Waals surface area contributed by atoms with Crippen molar-refractivity contribution in [2.45, 2.75) is 33.7 Å². The highest BCUT2D eigenvalue weighted by molar-refractivity contribution is 5.94. The average Bonchev–Trinajstić information content (AvgIpc) is 2.51. The van der Waals surface area contributed by atoms with Crippen molar-refractivity contribution in [3.63, 3.8) is 0 Å². The van der Waals surface area contributed by atoms with E-state index in [1.165, 1.54) is 0 Å². The summed E-state index contributed by atoms with van der Waals surface area (Å²) < 4.78 is 1.64. The summed E-state index contributed by atoms with van der Waals surface area (Å²) in [6.45, 7) is 8.04. The first-order chi connectivity index (χ1) is 7.77. The fourth-order valence-electron chi connectivity index (χ4n) is 1.94. The van der Waals surface area contributed by atoms with Crippen molar-refractivity contribution in [1.29, 1.82) is 0 Å². The van der Waals surface area contributed by atoms with Gasteiger partial charge in [-0.25, -0.2) is 4.79 Å². The smallest absolute Gasteiger partial charge is 0.341 e. The Morgan fingerprint density at radius 1 is 1.41 bits per heavy atom. The van der Waals surface area contributed by atoms with Gasteiger partial charge in [-0.05, 0) is 19.8 Å². The molecule has 0 aliphatic heterocycles. The maximum atomic E-state index is 11.3. The molecule has 0 bridgehead atoms. The Bertz CT molecular complexity index is 424. The topological polar surface area (TPSA) is 58.4 Å². The molecule has 1 unspecified atom stereocenters. The van der Waals surface area contributed by atoms with Crippen LogP contribution in [-0.2, 0) is 7.05 Å². The van der Waals surface area contributed by atoms with Crippen LogP contribution in [0.5, 0.6) is 0 Å². The van der Waals surface area contributed by atoms with Crippen LogP contribution in [0.3, 0.4) is 0 Å². The highest BCUT2D eigenvalue weighted by Gasteiger charge is 2.25. The Balaban J connectivity index is 3.25. The Morgan fingerprint density at radius 3 is 2.35 bits per heavy atom. The van der Waals surface area contributed by atoms with Crippen LogP contribution in [0, 0.1) is 12.8 Å². The standard InChI is InChI=1S/C12H21N3O2/c1-7(2)9(4)14(5)11-10(12(16)17)8(3)13-15(11)6/h7,9H,1-6H3,(H,16,17). The molecule has 1 N–H and O–H groups in total. The first-order valence-corrected chi connectivity index (χ1v) is 5.77. The molecule has 1 rings (SSSR count). The maximum Gasteiger partial charge on any atom is 0.341 e. The quantitative estimate of drug-likeness (QED) is 0.872. The summed E-state index contributed by atoms with van der Waals surface area (Å²) in [6.07, 6.45) is 0. The number of nitrogens with zero attached hydrogens (tertiary/aromatic N) is 3. The zero-order valence-corrected chi connectivity index (χ0v) is 11.4. The summed E-state index contributed by atoms with van der Waals surface area (Å²) in [7, 11) is 3.69. The minimum atomic E-state index is -0.923. The molecule has 96 valence electrons. The average molecular weight is 239 g/mol. The van der Waals surface area contributed by atoms with Gasteiger partial charge in [0.15, 0.2) is 0 Å².